The van der Waals surface area contributed by atoms with Gasteiger partial charge in [-0.05, 0) is 62.7 Å². The number of thioether (sulfide) groups is 1. The normalized spacial score (nSPS) is 27.1. The Balaban J connectivity index is 1.47. The first-order valence-corrected chi connectivity index (χ1v) is 13.6. The Bertz CT molecular complexity index is 905. The Morgan fingerprint density at radius 2 is 1.62 bits per heavy atom. The fourth-order valence-electron chi connectivity index (χ4n) is 6.27. The lowest BCUT2D eigenvalue weighted by Gasteiger charge is -2.56. The van der Waals surface area contributed by atoms with E-state index < -0.39 is 47.7 Å². The lowest BCUT2D eigenvalue weighted by atomic mass is 9.50. The van der Waals surface area contributed by atoms with Crippen molar-refractivity contribution in [1.29, 1.82) is 0 Å². The number of rotatable bonds is 13. The molecule has 4 fully saturated rings. The highest BCUT2D eigenvalue weighted by Crippen LogP contribution is 2.60. The lowest BCUT2D eigenvalue weighted by molar-refractivity contribution is -0.161. The van der Waals surface area contributed by atoms with E-state index in [9.17, 15) is 28.8 Å². The number of esters is 1. The Hall–Kier alpha value is -2.67. The van der Waals surface area contributed by atoms with E-state index >= 15 is 0 Å². The third kappa shape index (κ3) is 7.67. The number of nitrogens with one attached hydrogen (secondary N) is 1. The van der Waals surface area contributed by atoms with E-state index in [-0.39, 0.29) is 36.4 Å². The fourth-order valence-corrected chi connectivity index (χ4v) is 7.16. The number of aliphatic carboxylic acids is 1. The number of Topliss-reactive ketones (excluding diaryl/α,β-unsaturated/α-hetero) is 1. The first-order chi connectivity index (χ1) is 17.4. The number of nitrogens with zero attached hydrogens (tertiary/aromatic N) is 1. The third-order valence-corrected chi connectivity index (χ3v) is 8.71. The topological polar surface area (TPSA) is 193 Å². The van der Waals surface area contributed by atoms with E-state index in [4.69, 9.17) is 20.7 Å². The van der Waals surface area contributed by atoms with Crippen LogP contribution in [0.5, 0.6) is 0 Å². The molecule has 206 valence electrons. The summed E-state index contributed by atoms with van der Waals surface area (Å²) >= 11 is 0.887. The molecule has 0 radical (unpaired) electrons. The van der Waals surface area contributed by atoms with Crippen molar-refractivity contribution in [3.63, 3.8) is 0 Å². The van der Waals surface area contributed by atoms with Gasteiger partial charge in [0.2, 0.25) is 11.7 Å². The standard InChI is InChI=1S/C24H35N3O9S/c1-27(23(34)35)20(30)17(26-19(29)3-2-16(25)21(31)32)10-37-11-18(28)22(33)36-12-24-7-13-4-14(8-24)6-15(5-13)9-24/h13-17H,2-12,25H2,1H3,(H,26,29)(H,31,32)(H,34,35). The Kier molecular flexibility index (Phi) is 9.57. The van der Waals surface area contributed by atoms with Crippen LogP contribution in [0.25, 0.3) is 0 Å². The molecule has 2 atom stereocenters. The van der Waals surface area contributed by atoms with Crippen LogP contribution in [0.2, 0.25) is 0 Å². The van der Waals surface area contributed by atoms with Crippen LogP contribution in [0.1, 0.15) is 51.4 Å². The van der Waals surface area contributed by atoms with Crippen LogP contribution in [0.3, 0.4) is 0 Å². The summed E-state index contributed by atoms with van der Waals surface area (Å²) in [6.45, 7) is 0.241. The van der Waals surface area contributed by atoms with Gasteiger partial charge < -0.3 is 26.0 Å². The minimum absolute atomic E-state index is 0.0236. The van der Waals surface area contributed by atoms with Crippen molar-refractivity contribution in [3.8, 4) is 0 Å². The van der Waals surface area contributed by atoms with Crippen LogP contribution in [0.4, 0.5) is 4.79 Å². The monoisotopic (exact) mass is 541 g/mol. The maximum atomic E-state index is 12.5. The molecule has 4 aliphatic carbocycles. The number of imide groups is 1. The second-order valence-corrected chi connectivity index (χ2v) is 11.7. The molecule has 0 saturated heterocycles. The van der Waals surface area contributed by atoms with Crippen molar-refractivity contribution in [1.82, 2.24) is 10.2 Å². The minimum atomic E-state index is -1.54. The van der Waals surface area contributed by atoms with Gasteiger partial charge in [0.25, 0.3) is 5.91 Å². The van der Waals surface area contributed by atoms with E-state index in [2.05, 4.69) is 5.32 Å². The van der Waals surface area contributed by atoms with Crippen molar-refractivity contribution in [2.45, 2.75) is 63.5 Å². The van der Waals surface area contributed by atoms with Crippen LogP contribution in [-0.2, 0) is 28.7 Å². The van der Waals surface area contributed by atoms with Gasteiger partial charge in [0.05, 0.1) is 12.4 Å². The summed E-state index contributed by atoms with van der Waals surface area (Å²) in [7, 11) is 1.02. The molecular formula is C24H35N3O9S. The molecule has 4 aliphatic rings. The van der Waals surface area contributed by atoms with Crippen LogP contribution in [-0.4, -0.2) is 88.0 Å². The number of likely N-dealkylation sites (N-methyl/N-ethyl adjacent to an activating group) is 1. The molecule has 3 amide bonds. The van der Waals surface area contributed by atoms with Gasteiger partial charge in [-0.1, -0.05) is 0 Å². The molecule has 4 rings (SSSR count). The number of carboxylic acid groups (broad SMARTS) is 2. The van der Waals surface area contributed by atoms with Crippen LogP contribution in [0.15, 0.2) is 0 Å². The quantitative estimate of drug-likeness (QED) is 0.191. The third-order valence-electron chi connectivity index (χ3n) is 7.67. The van der Waals surface area contributed by atoms with Gasteiger partial charge >= 0.3 is 18.0 Å². The van der Waals surface area contributed by atoms with E-state index in [0.29, 0.717) is 22.7 Å². The Morgan fingerprint density at radius 3 is 2.14 bits per heavy atom. The van der Waals surface area contributed by atoms with Crippen LogP contribution in [0, 0.1) is 23.2 Å². The summed E-state index contributed by atoms with van der Waals surface area (Å²) in [4.78, 5) is 71.8. The number of ether oxygens (including phenoxy) is 1. The average molecular weight is 542 g/mol. The molecule has 5 N–H and O–H groups in total. The van der Waals surface area contributed by atoms with E-state index in [1.807, 2.05) is 0 Å². The maximum Gasteiger partial charge on any atom is 0.413 e. The summed E-state index contributed by atoms with van der Waals surface area (Å²) in [5, 5.41) is 20.3. The van der Waals surface area contributed by atoms with Crippen molar-refractivity contribution in [3.05, 3.63) is 0 Å². The highest BCUT2D eigenvalue weighted by Gasteiger charge is 2.51. The molecule has 13 heteroatoms. The van der Waals surface area contributed by atoms with Gasteiger partial charge in [-0.15, -0.1) is 0 Å². The van der Waals surface area contributed by atoms with Gasteiger partial charge in [0, 0.05) is 24.6 Å². The van der Waals surface area contributed by atoms with Gasteiger partial charge in [-0.2, -0.15) is 11.8 Å². The van der Waals surface area contributed by atoms with Gasteiger partial charge in [0.15, 0.2) is 0 Å². The van der Waals surface area contributed by atoms with Gasteiger partial charge in [-0.3, -0.25) is 19.2 Å². The first-order valence-electron chi connectivity index (χ1n) is 12.4. The number of amides is 3. The summed E-state index contributed by atoms with van der Waals surface area (Å²) in [5.41, 5.74) is 5.35. The molecule has 4 bridgehead atoms. The second-order valence-electron chi connectivity index (χ2n) is 10.7. The van der Waals surface area contributed by atoms with E-state index in [0.717, 1.165) is 38.1 Å². The Labute approximate surface area is 219 Å². The average Bonchev–Trinajstić information content (AvgIpc) is 2.83. The first kappa shape index (κ1) is 28.9. The fraction of sp³-hybridized carbons (Fsp3) is 0.750. The molecule has 37 heavy (non-hydrogen) atoms. The van der Waals surface area contributed by atoms with Gasteiger partial charge in [-0.25, -0.2) is 14.5 Å². The highest BCUT2D eigenvalue weighted by molar-refractivity contribution is 8.00. The number of carbonyl (C=O) groups excluding carboxylic acids is 4. The molecule has 0 heterocycles. The van der Waals surface area contributed by atoms with E-state index in [1.54, 1.807) is 0 Å². The van der Waals surface area contributed by atoms with Crippen molar-refractivity contribution in [2.75, 3.05) is 25.2 Å². The number of nitrogens with two attached hydrogens (primary N) is 1. The van der Waals surface area contributed by atoms with E-state index in [1.165, 1.54) is 19.3 Å². The molecule has 0 aromatic carbocycles. The number of carboxylic acids is 1. The smallest absolute Gasteiger partial charge is 0.413 e. The van der Waals surface area contributed by atoms with Crippen molar-refractivity contribution < 1.29 is 43.7 Å². The maximum absolute atomic E-state index is 12.5. The zero-order valence-corrected chi connectivity index (χ0v) is 21.7. The second kappa shape index (κ2) is 12.2. The summed E-state index contributed by atoms with van der Waals surface area (Å²) in [5.74, 6) is -3.05. The minimum Gasteiger partial charge on any atom is -0.480 e. The zero-order chi connectivity index (χ0) is 27.3. The summed E-state index contributed by atoms with van der Waals surface area (Å²) < 4.78 is 5.42. The SMILES string of the molecule is CN(C(=O)O)C(=O)C(CSCC(=O)C(=O)OCC12CC3CC(CC(C3)C1)C2)NC(=O)CCC(N)C(=O)O. The molecule has 0 spiro atoms. The molecule has 0 aromatic rings. The molecule has 12 nitrogen and oxygen atoms in total. The number of hydrogen-bond acceptors (Lipinski definition) is 9. The Morgan fingerprint density at radius 1 is 1.05 bits per heavy atom. The summed E-state index contributed by atoms with van der Waals surface area (Å²) in [6, 6.07) is -2.58. The number of ketones is 1. The summed E-state index contributed by atoms with van der Waals surface area (Å²) in [6.07, 6.45) is 4.85. The van der Waals surface area contributed by atoms with Crippen molar-refractivity contribution >= 4 is 47.4 Å². The predicted octanol–water partition coefficient (Wildman–Crippen LogP) is 0.862. The van der Waals surface area contributed by atoms with Gasteiger partial charge in [0.1, 0.15) is 12.1 Å². The molecule has 0 aromatic heterocycles. The zero-order valence-electron chi connectivity index (χ0n) is 20.8. The molecule has 2 unspecified atom stereocenters. The molecule has 0 aliphatic heterocycles. The highest BCUT2D eigenvalue weighted by atomic mass is 32.2. The molecular weight excluding hydrogens is 506 g/mol. The number of hydrogen-bond donors (Lipinski definition) is 4. The lowest BCUT2D eigenvalue weighted by Crippen LogP contribution is -2.50. The molecule has 4 saturated carbocycles. The predicted molar refractivity (Wildman–Crippen MR) is 131 cm³/mol. The van der Waals surface area contributed by atoms with Crippen LogP contribution >= 0.6 is 11.8 Å². The van der Waals surface area contributed by atoms with Crippen LogP contribution < -0.4 is 11.1 Å². The largest absolute Gasteiger partial charge is 0.480 e. The van der Waals surface area contributed by atoms with Crippen molar-refractivity contribution in [2.24, 2.45) is 28.9 Å². The number of carbonyl (C=O) groups is 6.